The molecule has 0 unspecified atom stereocenters. The lowest BCUT2D eigenvalue weighted by molar-refractivity contribution is 0.0240. The maximum absolute atomic E-state index is 12.1. The van der Waals surface area contributed by atoms with Crippen molar-refractivity contribution < 1.29 is 14.6 Å². The van der Waals surface area contributed by atoms with Gasteiger partial charge in [0.05, 0.1) is 0 Å². The van der Waals surface area contributed by atoms with E-state index >= 15 is 0 Å². The lowest BCUT2D eigenvalue weighted by atomic mass is 10.0. The normalized spacial score (nSPS) is 15.0. The molecular formula is C21H26N2O3. The van der Waals surface area contributed by atoms with Gasteiger partial charge in [0.25, 0.3) is 0 Å². The molecule has 0 aliphatic carbocycles. The van der Waals surface area contributed by atoms with Gasteiger partial charge in [-0.1, -0.05) is 24.3 Å². The summed E-state index contributed by atoms with van der Waals surface area (Å²) in [5, 5.41) is 9.40. The zero-order valence-corrected chi connectivity index (χ0v) is 15.6. The number of benzene rings is 2. The van der Waals surface area contributed by atoms with Crippen molar-refractivity contribution in [1.82, 2.24) is 4.90 Å². The highest BCUT2D eigenvalue weighted by Gasteiger charge is 2.25. The predicted octanol–water partition coefficient (Wildman–Crippen LogP) is 4.12. The molecule has 5 nitrogen and oxygen atoms in total. The van der Waals surface area contributed by atoms with Crippen LogP contribution < -0.4 is 4.90 Å². The van der Waals surface area contributed by atoms with E-state index in [-0.39, 0.29) is 11.8 Å². The molecule has 5 heteroatoms. The molecule has 138 valence electrons. The number of piperazine rings is 1. The number of anilines is 1. The van der Waals surface area contributed by atoms with Crippen LogP contribution in [0.15, 0.2) is 48.5 Å². The molecule has 26 heavy (non-hydrogen) atoms. The van der Waals surface area contributed by atoms with Crippen LogP contribution in [-0.4, -0.2) is 47.9 Å². The van der Waals surface area contributed by atoms with Gasteiger partial charge in [-0.25, -0.2) is 4.79 Å². The average Bonchev–Trinajstić information content (AvgIpc) is 2.61. The van der Waals surface area contributed by atoms with E-state index in [9.17, 15) is 9.90 Å². The molecule has 1 aliphatic rings. The second kappa shape index (κ2) is 7.28. The van der Waals surface area contributed by atoms with Crippen LogP contribution in [-0.2, 0) is 4.74 Å². The molecule has 0 saturated carbocycles. The number of phenolic OH excluding ortho intramolecular Hbond substituents is 1. The molecule has 2 aromatic carbocycles. The first kappa shape index (κ1) is 18.1. The summed E-state index contributed by atoms with van der Waals surface area (Å²) >= 11 is 0. The summed E-state index contributed by atoms with van der Waals surface area (Å²) in [6, 6.07) is 15.6. The smallest absolute Gasteiger partial charge is 0.410 e. The molecule has 1 amide bonds. The molecule has 1 heterocycles. The van der Waals surface area contributed by atoms with Crippen molar-refractivity contribution in [3.05, 3.63) is 48.5 Å². The molecule has 1 fully saturated rings. The quantitative estimate of drug-likeness (QED) is 0.881. The molecule has 0 bridgehead atoms. The first-order chi connectivity index (χ1) is 12.3. The van der Waals surface area contributed by atoms with Crippen molar-refractivity contribution in [2.75, 3.05) is 31.1 Å². The van der Waals surface area contributed by atoms with E-state index in [1.165, 1.54) is 0 Å². The minimum absolute atomic E-state index is 0.236. The summed E-state index contributed by atoms with van der Waals surface area (Å²) in [6.07, 6.45) is -0.236. The fraction of sp³-hybridized carbons (Fsp3) is 0.381. The van der Waals surface area contributed by atoms with E-state index in [2.05, 4.69) is 29.2 Å². The lowest BCUT2D eigenvalue weighted by Crippen LogP contribution is -2.50. The van der Waals surface area contributed by atoms with Crippen molar-refractivity contribution in [2.45, 2.75) is 26.4 Å². The van der Waals surface area contributed by atoms with Crippen molar-refractivity contribution >= 4 is 11.8 Å². The van der Waals surface area contributed by atoms with Gasteiger partial charge in [-0.2, -0.15) is 0 Å². The van der Waals surface area contributed by atoms with Crippen molar-refractivity contribution in [3.63, 3.8) is 0 Å². The van der Waals surface area contributed by atoms with Crippen LogP contribution in [0.2, 0.25) is 0 Å². The summed E-state index contributed by atoms with van der Waals surface area (Å²) in [4.78, 5) is 16.2. The molecule has 1 N–H and O–H groups in total. The molecule has 1 aliphatic heterocycles. The van der Waals surface area contributed by atoms with Crippen LogP contribution in [0, 0.1) is 0 Å². The van der Waals surface area contributed by atoms with Crippen LogP contribution in [0.25, 0.3) is 11.1 Å². The van der Waals surface area contributed by atoms with Gasteiger partial charge in [-0.15, -0.1) is 0 Å². The van der Waals surface area contributed by atoms with Gasteiger partial charge in [0.2, 0.25) is 0 Å². The highest BCUT2D eigenvalue weighted by Crippen LogP contribution is 2.25. The topological polar surface area (TPSA) is 53.0 Å². The zero-order chi connectivity index (χ0) is 18.7. The number of hydrogen-bond acceptors (Lipinski definition) is 4. The van der Waals surface area contributed by atoms with Gasteiger partial charge in [-0.3, -0.25) is 0 Å². The van der Waals surface area contributed by atoms with E-state index in [4.69, 9.17) is 4.74 Å². The third-order valence-corrected chi connectivity index (χ3v) is 4.36. The summed E-state index contributed by atoms with van der Waals surface area (Å²) in [5.41, 5.74) is 2.87. The molecule has 0 radical (unpaired) electrons. The number of amides is 1. The highest BCUT2D eigenvalue weighted by molar-refractivity contribution is 5.69. The van der Waals surface area contributed by atoms with E-state index in [0.29, 0.717) is 13.1 Å². The molecule has 0 atom stereocenters. The minimum atomic E-state index is -0.460. The van der Waals surface area contributed by atoms with Gasteiger partial charge >= 0.3 is 6.09 Å². The standard InChI is InChI=1S/C21H26N2O3/c1-21(2,3)26-20(25)23-14-12-22(13-15-23)18-8-4-16(5-9-18)17-6-10-19(24)11-7-17/h4-11,24H,12-15H2,1-3H3. The Morgan fingerprint density at radius 3 is 1.88 bits per heavy atom. The number of carbonyl (C=O) groups is 1. The molecule has 0 spiro atoms. The van der Waals surface area contributed by atoms with E-state index in [1.54, 1.807) is 17.0 Å². The monoisotopic (exact) mass is 354 g/mol. The summed E-state index contributed by atoms with van der Waals surface area (Å²) in [5.74, 6) is 0.272. The Kier molecular flexibility index (Phi) is 5.07. The second-order valence-electron chi connectivity index (χ2n) is 7.55. The summed E-state index contributed by atoms with van der Waals surface area (Å²) in [6.45, 7) is 8.56. The molecule has 3 rings (SSSR count). The van der Waals surface area contributed by atoms with Crippen LogP contribution in [0.4, 0.5) is 10.5 Å². The Labute approximate surface area is 154 Å². The average molecular weight is 354 g/mol. The summed E-state index contributed by atoms with van der Waals surface area (Å²) in [7, 11) is 0. The van der Waals surface area contributed by atoms with Gasteiger partial charge in [0.15, 0.2) is 0 Å². The largest absolute Gasteiger partial charge is 0.508 e. The number of carbonyl (C=O) groups excluding carboxylic acids is 1. The Balaban J connectivity index is 1.59. The number of aromatic hydroxyl groups is 1. The highest BCUT2D eigenvalue weighted by atomic mass is 16.6. The van der Waals surface area contributed by atoms with Gasteiger partial charge in [0, 0.05) is 31.9 Å². The Bertz CT molecular complexity index is 740. The van der Waals surface area contributed by atoms with Gasteiger partial charge in [-0.05, 0) is 56.2 Å². The first-order valence-electron chi connectivity index (χ1n) is 8.94. The molecule has 2 aromatic rings. The number of rotatable bonds is 2. The molecule has 1 saturated heterocycles. The number of phenols is 1. The number of ether oxygens (including phenoxy) is 1. The maximum Gasteiger partial charge on any atom is 0.410 e. The summed E-state index contributed by atoms with van der Waals surface area (Å²) < 4.78 is 5.44. The molecular weight excluding hydrogens is 328 g/mol. The maximum atomic E-state index is 12.1. The van der Waals surface area contributed by atoms with Crippen LogP contribution in [0.5, 0.6) is 5.75 Å². The predicted molar refractivity (Wildman–Crippen MR) is 104 cm³/mol. The fourth-order valence-corrected chi connectivity index (χ4v) is 2.99. The van der Waals surface area contributed by atoms with E-state index < -0.39 is 5.60 Å². The van der Waals surface area contributed by atoms with Crippen molar-refractivity contribution in [1.29, 1.82) is 0 Å². The number of hydrogen-bond donors (Lipinski definition) is 1. The van der Waals surface area contributed by atoms with Crippen LogP contribution in [0.3, 0.4) is 0 Å². The van der Waals surface area contributed by atoms with Crippen molar-refractivity contribution in [2.24, 2.45) is 0 Å². The first-order valence-corrected chi connectivity index (χ1v) is 8.94. The third kappa shape index (κ3) is 4.48. The minimum Gasteiger partial charge on any atom is -0.508 e. The molecule has 0 aromatic heterocycles. The van der Waals surface area contributed by atoms with E-state index in [1.807, 2.05) is 32.9 Å². The fourth-order valence-electron chi connectivity index (χ4n) is 2.99. The van der Waals surface area contributed by atoms with Crippen molar-refractivity contribution in [3.8, 4) is 16.9 Å². The Hall–Kier alpha value is -2.69. The third-order valence-electron chi connectivity index (χ3n) is 4.36. The Morgan fingerprint density at radius 2 is 1.38 bits per heavy atom. The van der Waals surface area contributed by atoms with Gasteiger partial charge in [0.1, 0.15) is 11.4 Å². The zero-order valence-electron chi connectivity index (χ0n) is 15.6. The van der Waals surface area contributed by atoms with Gasteiger partial charge < -0.3 is 19.6 Å². The van der Waals surface area contributed by atoms with Crippen LogP contribution in [0.1, 0.15) is 20.8 Å². The Morgan fingerprint density at radius 1 is 0.885 bits per heavy atom. The lowest BCUT2D eigenvalue weighted by Gasteiger charge is -2.36. The number of nitrogens with zero attached hydrogens (tertiary/aromatic N) is 2. The second-order valence-corrected chi connectivity index (χ2v) is 7.55. The van der Waals surface area contributed by atoms with E-state index in [0.717, 1.165) is 29.9 Å². The van der Waals surface area contributed by atoms with Crippen LogP contribution >= 0.6 is 0 Å². The SMILES string of the molecule is CC(C)(C)OC(=O)N1CCN(c2ccc(-c3ccc(O)cc3)cc2)CC1.